The fourth-order valence-electron chi connectivity index (χ4n) is 2.23. The molecule has 8 heteroatoms. The van der Waals surface area contributed by atoms with E-state index in [1.165, 1.54) is 0 Å². The molecule has 0 bridgehead atoms. The lowest BCUT2D eigenvalue weighted by Crippen LogP contribution is -2.37. The zero-order chi connectivity index (χ0) is 14.1. The van der Waals surface area contributed by atoms with Crippen LogP contribution in [0.2, 0.25) is 0 Å². The lowest BCUT2D eigenvalue weighted by atomic mass is 10.1. The number of carboxylic acid groups (broad SMARTS) is 1. The van der Waals surface area contributed by atoms with Crippen molar-refractivity contribution in [3.05, 3.63) is 23.8 Å². The third-order valence-electron chi connectivity index (χ3n) is 3.12. The van der Waals surface area contributed by atoms with E-state index in [4.69, 9.17) is 18.8 Å². The maximum absolute atomic E-state index is 11.4. The van der Waals surface area contributed by atoms with Crippen molar-refractivity contribution in [3.8, 4) is 11.5 Å². The van der Waals surface area contributed by atoms with E-state index in [1.54, 1.807) is 6.07 Å². The minimum Gasteiger partial charge on any atom is -0.486 e. The summed E-state index contributed by atoms with van der Waals surface area (Å²) >= 11 is -1.92. The Balaban J connectivity index is 1.77. The molecule has 0 radical (unpaired) electrons. The van der Waals surface area contributed by atoms with Crippen molar-refractivity contribution in [1.82, 2.24) is 4.31 Å². The maximum atomic E-state index is 11.4. The van der Waals surface area contributed by atoms with Crippen LogP contribution in [0.1, 0.15) is 5.56 Å². The molecule has 1 saturated heterocycles. The smallest absolute Gasteiger partial charge is 0.421 e. The summed E-state index contributed by atoms with van der Waals surface area (Å²) in [6.45, 7) is 1.14. The van der Waals surface area contributed by atoms with Gasteiger partial charge >= 0.3 is 6.09 Å². The van der Waals surface area contributed by atoms with Crippen LogP contribution < -0.4 is 9.47 Å². The summed E-state index contributed by atoms with van der Waals surface area (Å²) in [5.74, 6) is 1.33. The van der Waals surface area contributed by atoms with Crippen LogP contribution in [0.3, 0.4) is 0 Å². The molecule has 1 N–H and O–H groups in total. The van der Waals surface area contributed by atoms with E-state index >= 15 is 0 Å². The summed E-state index contributed by atoms with van der Waals surface area (Å²) in [6, 6.07) is 4.99. The van der Waals surface area contributed by atoms with Crippen molar-refractivity contribution >= 4 is 17.4 Å². The molecule has 1 aromatic carbocycles. The molecule has 0 spiro atoms. The van der Waals surface area contributed by atoms with Crippen LogP contribution >= 0.6 is 0 Å². The molecule has 2 aliphatic rings. The Kier molecular flexibility index (Phi) is 3.49. The van der Waals surface area contributed by atoms with E-state index < -0.39 is 23.4 Å². The first-order valence-electron chi connectivity index (χ1n) is 6.11. The molecule has 108 valence electrons. The highest BCUT2D eigenvalue weighted by molar-refractivity contribution is 7.78. The lowest BCUT2D eigenvalue weighted by molar-refractivity contribution is 0.165. The molecular weight excluding hydrogens is 286 g/mol. The molecule has 0 saturated carbocycles. The number of benzene rings is 1. The standard InChI is InChI=1S/C12H13NO6S/c14-12(15)13-9(7-19-20(13)16)5-8-1-2-10-11(6-8)18-4-3-17-10/h1-2,6,9H,3-5,7H2,(H,14,15)/t9-,20?/m0/s1. The Bertz CT molecular complexity index is 563. The number of hydrogen-bond donors (Lipinski definition) is 1. The molecule has 2 heterocycles. The fourth-order valence-corrected chi connectivity index (χ4v) is 3.12. The van der Waals surface area contributed by atoms with Crippen molar-refractivity contribution in [3.63, 3.8) is 0 Å². The summed E-state index contributed by atoms with van der Waals surface area (Å²) < 4.78 is 28.1. The molecule has 3 rings (SSSR count). The first kappa shape index (κ1) is 13.2. The number of rotatable bonds is 2. The van der Waals surface area contributed by atoms with Gasteiger partial charge in [-0.05, 0) is 24.1 Å². The van der Waals surface area contributed by atoms with Gasteiger partial charge in [0, 0.05) is 0 Å². The van der Waals surface area contributed by atoms with Crippen molar-refractivity contribution in [2.24, 2.45) is 0 Å². The quantitative estimate of drug-likeness (QED) is 0.875. The van der Waals surface area contributed by atoms with Gasteiger partial charge in [0.25, 0.3) is 11.3 Å². The highest BCUT2D eigenvalue weighted by Crippen LogP contribution is 2.31. The topological polar surface area (TPSA) is 85.3 Å². The zero-order valence-electron chi connectivity index (χ0n) is 10.5. The third kappa shape index (κ3) is 2.44. The van der Waals surface area contributed by atoms with Crippen LogP contribution in [-0.4, -0.2) is 45.6 Å². The molecule has 0 aromatic heterocycles. The summed E-state index contributed by atoms with van der Waals surface area (Å²) in [4.78, 5) is 11.1. The fraction of sp³-hybridized carbons (Fsp3) is 0.417. The SMILES string of the molecule is O=C(O)N1[C@@H](Cc2ccc3c(c2)OCCO3)COS1=O. The van der Waals surface area contributed by atoms with Gasteiger partial charge in [0.1, 0.15) is 13.2 Å². The first-order valence-corrected chi connectivity index (χ1v) is 7.14. The van der Waals surface area contributed by atoms with Crippen molar-refractivity contribution in [2.75, 3.05) is 19.8 Å². The van der Waals surface area contributed by atoms with Crippen LogP contribution in [0.4, 0.5) is 4.79 Å². The Morgan fingerprint density at radius 3 is 2.85 bits per heavy atom. The van der Waals surface area contributed by atoms with E-state index in [9.17, 15) is 9.00 Å². The lowest BCUT2D eigenvalue weighted by Gasteiger charge is -2.20. The predicted molar refractivity (Wildman–Crippen MR) is 68.9 cm³/mol. The molecule has 2 atom stereocenters. The van der Waals surface area contributed by atoms with Crippen molar-refractivity contribution in [1.29, 1.82) is 0 Å². The van der Waals surface area contributed by atoms with E-state index in [0.29, 0.717) is 31.1 Å². The minimum absolute atomic E-state index is 0.118. The number of carbonyl (C=O) groups is 1. The van der Waals surface area contributed by atoms with Gasteiger partial charge in [-0.25, -0.2) is 9.00 Å². The number of amides is 1. The molecule has 1 amide bonds. The molecule has 20 heavy (non-hydrogen) atoms. The number of fused-ring (bicyclic) bond motifs is 1. The molecule has 2 aliphatic heterocycles. The van der Waals surface area contributed by atoms with Crippen LogP contribution in [0, 0.1) is 0 Å². The maximum Gasteiger partial charge on any atom is 0.421 e. The predicted octanol–water partition coefficient (Wildman–Crippen LogP) is 0.958. The third-order valence-corrected chi connectivity index (χ3v) is 4.23. The molecule has 1 unspecified atom stereocenters. The van der Waals surface area contributed by atoms with Gasteiger partial charge in [-0.2, -0.15) is 4.31 Å². The number of ether oxygens (including phenoxy) is 2. The van der Waals surface area contributed by atoms with Crippen molar-refractivity contribution in [2.45, 2.75) is 12.5 Å². The monoisotopic (exact) mass is 299 g/mol. The number of hydrogen-bond acceptors (Lipinski definition) is 5. The Morgan fingerprint density at radius 2 is 2.10 bits per heavy atom. The van der Waals surface area contributed by atoms with E-state index in [-0.39, 0.29) is 6.61 Å². The Morgan fingerprint density at radius 1 is 1.35 bits per heavy atom. The molecule has 1 aromatic rings. The molecular formula is C12H13NO6S. The summed E-state index contributed by atoms with van der Waals surface area (Å²) in [6.07, 6.45) is -0.835. The van der Waals surface area contributed by atoms with Gasteiger partial charge in [0.15, 0.2) is 11.5 Å². The minimum atomic E-state index is -1.92. The average Bonchev–Trinajstić information content (AvgIpc) is 2.79. The van der Waals surface area contributed by atoms with E-state index in [1.807, 2.05) is 12.1 Å². The molecule has 0 aliphatic carbocycles. The van der Waals surface area contributed by atoms with Gasteiger partial charge < -0.3 is 14.6 Å². The van der Waals surface area contributed by atoms with Gasteiger partial charge in [-0.1, -0.05) is 6.07 Å². The largest absolute Gasteiger partial charge is 0.486 e. The summed E-state index contributed by atoms with van der Waals surface area (Å²) in [5, 5.41) is 9.03. The van der Waals surface area contributed by atoms with Gasteiger partial charge in [-0.15, -0.1) is 0 Å². The van der Waals surface area contributed by atoms with E-state index in [0.717, 1.165) is 9.87 Å². The van der Waals surface area contributed by atoms with Crippen LogP contribution in [-0.2, 0) is 21.9 Å². The first-order chi connectivity index (χ1) is 9.65. The molecule has 7 nitrogen and oxygen atoms in total. The second-order valence-corrected chi connectivity index (χ2v) is 5.51. The van der Waals surface area contributed by atoms with Crippen molar-refractivity contribution < 1.29 is 27.8 Å². The van der Waals surface area contributed by atoms with Gasteiger partial charge in [0.2, 0.25) is 0 Å². The van der Waals surface area contributed by atoms with Gasteiger partial charge in [-0.3, -0.25) is 4.18 Å². The zero-order valence-corrected chi connectivity index (χ0v) is 11.3. The van der Waals surface area contributed by atoms with Gasteiger partial charge in [0.05, 0.1) is 12.6 Å². The van der Waals surface area contributed by atoms with Crippen LogP contribution in [0.5, 0.6) is 11.5 Å². The number of nitrogens with zero attached hydrogens (tertiary/aromatic N) is 1. The average molecular weight is 299 g/mol. The Labute approximate surface area is 117 Å². The summed E-state index contributed by atoms with van der Waals surface area (Å²) in [7, 11) is 0. The van der Waals surface area contributed by atoms with Crippen LogP contribution in [0.25, 0.3) is 0 Å². The Hall–Kier alpha value is -1.80. The van der Waals surface area contributed by atoms with Crippen LogP contribution in [0.15, 0.2) is 18.2 Å². The second-order valence-electron chi connectivity index (χ2n) is 4.45. The highest BCUT2D eigenvalue weighted by atomic mass is 32.2. The molecule has 1 fully saturated rings. The van der Waals surface area contributed by atoms with E-state index in [2.05, 4.69) is 0 Å². The normalized spacial score (nSPS) is 24.7. The summed E-state index contributed by atoms with van der Waals surface area (Å²) in [5.41, 5.74) is 0.882. The second kappa shape index (κ2) is 5.29. The highest BCUT2D eigenvalue weighted by Gasteiger charge is 2.36.